The Morgan fingerprint density at radius 1 is 1.07 bits per heavy atom. The molecule has 0 atom stereocenters. The van der Waals surface area contributed by atoms with E-state index in [-0.39, 0.29) is 5.91 Å². The first-order chi connectivity index (χ1) is 14.3. The van der Waals surface area contributed by atoms with Crippen molar-refractivity contribution in [2.24, 2.45) is 5.92 Å². The van der Waals surface area contributed by atoms with Crippen LogP contribution in [0.4, 0.5) is 5.82 Å². The maximum atomic E-state index is 12.5. The molecule has 2 fully saturated rings. The number of anilines is 1. The van der Waals surface area contributed by atoms with Crippen molar-refractivity contribution in [2.45, 2.75) is 38.5 Å². The average Bonchev–Trinajstić information content (AvgIpc) is 3.54. The van der Waals surface area contributed by atoms with Gasteiger partial charge in [0.15, 0.2) is 17.0 Å². The lowest BCUT2D eigenvalue weighted by atomic mass is 10.2. The van der Waals surface area contributed by atoms with E-state index in [0.29, 0.717) is 11.5 Å². The van der Waals surface area contributed by atoms with E-state index >= 15 is 0 Å². The molecule has 3 heterocycles. The monoisotopic (exact) mass is 390 g/mol. The largest absolute Gasteiger partial charge is 0.355 e. The third-order valence-corrected chi connectivity index (χ3v) is 5.85. The minimum absolute atomic E-state index is 0.0250. The molecule has 5 rings (SSSR count). The van der Waals surface area contributed by atoms with Gasteiger partial charge in [0.2, 0.25) is 0 Å². The molecule has 1 amide bonds. The van der Waals surface area contributed by atoms with Crippen LogP contribution in [0.1, 0.15) is 48.9 Å². The van der Waals surface area contributed by atoms with Gasteiger partial charge in [-0.1, -0.05) is 18.9 Å². The number of rotatable bonds is 5. The summed E-state index contributed by atoms with van der Waals surface area (Å²) in [4.78, 5) is 28.5. The molecule has 2 aromatic heterocycles. The third-order valence-electron chi connectivity index (χ3n) is 5.85. The van der Waals surface area contributed by atoms with Gasteiger partial charge < -0.3 is 10.2 Å². The molecule has 150 valence electrons. The quantitative estimate of drug-likeness (QED) is 0.723. The molecule has 1 saturated carbocycles. The van der Waals surface area contributed by atoms with Crippen LogP contribution in [-0.4, -0.2) is 45.1 Å². The normalized spacial score (nSPS) is 17.3. The number of nitrogens with one attached hydrogen (secondary N) is 1. The lowest BCUT2D eigenvalue weighted by Crippen LogP contribution is -2.25. The van der Waals surface area contributed by atoms with Crippen LogP contribution in [0.15, 0.2) is 36.9 Å². The summed E-state index contributed by atoms with van der Waals surface area (Å²) >= 11 is 0. The van der Waals surface area contributed by atoms with Crippen LogP contribution < -0.4 is 10.2 Å². The van der Waals surface area contributed by atoms with Crippen molar-refractivity contribution < 1.29 is 4.79 Å². The molecule has 7 heteroatoms. The Bertz CT molecular complexity index is 1020. The number of carbonyl (C=O) groups excluding carboxylic acids is 1. The van der Waals surface area contributed by atoms with E-state index in [1.807, 2.05) is 28.8 Å². The van der Waals surface area contributed by atoms with Gasteiger partial charge in [0.05, 0.1) is 0 Å². The number of imidazole rings is 1. The van der Waals surface area contributed by atoms with Crippen LogP contribution in [-0.2, 0) is 0 Å². The van der Waals surface area contributed by atoms with Gasteiger partial charge in [-0.25, -0.2) is 15.0 Å². The smallest absolute Gasteiger partial charge is 0.251 e. The van der Waals surface area contributed by atoms with E-state index in [4.69, 9.17) is 0 Å². The number of hydrogen-bond acceptors (Lipinski definition) is 5. The number of aromatic nitrogens is 4. The topological polar surface area (TPSA) is 75.9 Å². The zero-order valence-electron chi connectivity index (χ0n) is 16.5. The Morgan fingerprint density at radius 2 is 1.90 bits per heavy atom. The molecule has 1 N–H and O–H groups in total. The molecule has 1 aliphatic carbocycles. The molecule has 1 saturated heterocycles. The van der Waals surface area contributed by atoms with E-state index in [2.05, 4.69) is 25.2 Å². The van der Waals surface area contributed by atoms with Gasteiger partial charge in [-0.15, -0.1) is 0 Å². The Balaban J connectivity index is 1.45. The standard InChI is InChI=1S/C22H26N6O/c29-22(23-13-16-8-9-16)17-6-5-7-18(12-17)28-15-26-19-20(24-14-25-21(19)28)27-10-3-1-2-4-11-27/h5-7,12,14-16H,1-4,8-11,13H2,(H,23,29). The number of nitrogens with zero attached hydrogens (tertiary/aromatic N) is 5. The highest BCUT2D eigenvalue weighted by Gasteiger charge is 2.22. The zero-order chi connectivity index (χ0) is 19.6. The second-order valence-corrected chi connectivity index (χ2v) is 8.09. The molecule has 0 bridgehead atoms. The fourth-order valence-corrected chi connectivity index (χ4v) is 3.98. The molecular formula is C22H26N6O. The molecular weight excluding hydrogens is 364 g/mol. The van der Waals surface area contributed by atoms with Crippen LogP contribution in [0.25, 0.3) is 16.9 Å². The van der Waals surface area contributed by atoms with Crippen LogP contribution in [0.5, 0.6) is 0 Å². The second-order valence-electron chi connectivity index (χ2n) is 8.09. The van der Waals surface area contributed by atoms with Gasteiger partial charge in [0, 0.05) is 30.9 Å². The number of fused-ring (bicyclic) bond motifs is 1. The molecule has 0 radical (unpaired) electrons. The average molecular weight is 390 g/mol. The molecule has 29 heavy (non-hydrogen) atoms. The van der Waals surface area contributed by atoms with Crippen LogP contribution >= 0.6 is 0 Å². The first-order valence-corrected chi connectivity index (χ1v) is 10.6. The van der Waals surface area contributed by atoms with Crippen molar-refractivity contribution in [3.8, 4) is 5.69 Å². The molecule has 1 aromatic carbocycles. The molecule has 3 aromatic rings. The first-order valence-electron chi connectivity index (χ1n) is 10.6. The van der Waals surface area contributed by atoms with Crippen molar-refractivity contribution in [1.29, 1.82) is 0 Å². The minimum Gasteiger partial charge on any atom is -0.355 e. The molecule has 2 aliphatic rings. The van der Waals surface area contributed by atoms with Gasteiger partial charge in [-0.2, -0.15) is 0 Å². The fourth-order valence-electron chi connectivity index (χ4n) is 3.98. The Morgan fingerprint density at radius 3 is 2.69 bits per heavy atom. The number of carbonyl (C=O) groups is 1. The first kappa shape index (κ1) is 18.1. The summed E-state index contributed by atoms with van der Waals surface area (Å²) in [6.45, 7) is 2.79. The molecule has 0 spiro atoms. The summed E-state index contributed by atoms with van der Waals surface area (Å²) < 4.78 is 1.94. The summed E-state index contributed by atoms with van der Waals surface area (Å²) in [6, 6.07) is 7.64. The minimum atomic E-state index is -0.0250. The maximum Gasteiger partial charge on any atom is 0.251 e. The van der Waals surface area contributed by atoms with Crippen molar-refractivity contribution in [1.82, 2.24) is 24.8 Å². The zero-order valence-corrected chi connectivity index (χ0v) is 16.5. The molecule has 1 aliphatic heterocycles. The van der Waals surface area contributed by atoms with Gasteiger partial charge in [0.1, 0.15) is 12.7 Å². The molecule has 0 unspecified atom stereocenters. The van der Waals surface area contributed by atoms with E-state index in [1.165, 1.54) is 38.5 Å². The number of hydrogen-bond donors (Lipinski definition) is 1. The van der Waals surface area contributed by atoms with E-state index in [9.17, 15) is 4.79 Å². The SMILES string of the molecule is O=C(NCC1CC1)c1cccc(-n2cnc3c(N4CCCCCC4)ncnc32)c1. The number of amides is 1. The Kier molecular flexibility index (Phi) is 4.87. The second kappa shape index (κ2) is 7.81. The van der Waals surface area contributed by atoms with Crippen molar-refractivity contribution in [2.75, 3.05) is 24.5 Å². The lowest BCUT2D eigenvalue weighted by molar-refractivity contribution is 0.0952. The summed E-state index contributed by atoms with van der Waals surface area (Å²) in [7, 11) is 0. The maximum absolute atomic E-state index is 12.5. The van der Waals surface area contributed by atoms with Gasteiger partial charge >= 0.3 is 0 Å². The fraction of sp³-hybridized carbons (Fsp3) is 0.455. The van der Waals surface area contributed by atoms with Crippen molar-refractivity contribution in [3.63, 3.8) is 0 Å². The van der Waals surface area contributed by atoms with E-state index in [1.54, 1.807) is 12.7 Å². The Labute approximate surface area is 170 Å². The lowest BCUT2D eigenvalue weighted by Gasteiger charge is -2.21. The predicted octanol–water partition coefficient (Wildman–Crippen LogP) is 3.34. The highest BCUT2D eigenvalue weighted by molar-refractivity contribution is 5.95. The van der Waals surface area contributed by atoms with E-state index in [0.717, 1.165) is 42.3 Å². The highest BCUT2D eigenvalue weighted by Crippen LogP contribution is 2.28. The highest BCUT2D eigenvalue weighted by atomic mass is 16.1. The summed E-state index contributed by atoms with van der Waals surface area (Å²) in [5.41, 5.74) is 3.13. The van der Waals surface area contributed by atoms with Crippen LogP contribution in [0, 0.1) is 5.92 Å². The molecule has 7 nitrogen and oxygen atoms in total. The van der Waals surface area contributed by atoms with Crippen LogP contribution in [0.3, 0.4) is 0 Å². The van der Waals surface area contributed by atoms with Crippen molar-refractivity contribution >= 4 is 22.9 Å². The van der Waals surface area contributed by atoms with E-state index < -0.39 is 0 Å². The predicted molar refractivity (Wildman–Crippen MR) is 112 cm³/mol. The third kappa shape index (κ3) is 3.81. The summed E-state index contributed by atoms with van der Waals surface area (Å²) in [5, 5.41) is 3.03. The Hall–Kier alpha value is -2.96. The number of benzene rings is 1. The van der Waals surface area contributed by atoms with Crippen LogP contribution in [0.2, 0.25) is 0 Å². The summed E-state index contributed by atoms with van der Waals surface area (Å²) in [6.07, 6.45) is 10.8. The van der Waals surface area contributed by atoms with Gasteiger partial charge in [-0.05, 0) is 49.8 Å². The van der Waals surface area contributed by atoms with Crippen molar-refractivity contribution in [3.05, 3.63) is 42.5 Å². The van der Waals surface area contributed by atoms with Gasteiger partial charge in [-0.3, -0.25) is 9.36 Å². The summed E-state index contributed by atoms with van der Waals surface area (Å²) in [5.74, 6) is 1.55. The van der Waals surface area contributed by atoms with Gasteiger partial charge in [0.25, 0.3) is 5.91 Å².